The van der Waals surface area contributed by atoms with E-state index in [9.17, 15) is 5.11 Å². The van der Waals surface area contributed by atoms with E-state index in [1.165, 1.54) is 0 Å². The number of aliphatic hydroxyl groups is 1. The minimum Gasteiger partial charge on any atom is -0.379 e. The number of hydrogen-bond acceptors (Lipinski definition) is 3. The van der Waals surface area contributed by atoms with Crippen LogP contribution in [-0.2, 0) is 5.60 Å². The van der Waals surface area contributed by atoms with Gasteiger partial charge in [-0.1, -0.05) is 18.2 Å². The van der Waals surface area contributed by atoms with Crippen LogP contribution in [0, 0.1) is 0 Å². The molecule has 0 aliphatic carbocycles. The number of fused-ring (bicyclic) bond motifs is 1. The van der Waals surface area contributed by atoms with Crippen LogP contribution in [0.5, 0.6) is 0 Å². The highest BCUT2D eigenvalue weighted by Gasteiger charge is 2.32. The van der Waals surface area contributed by atoms with E-state index in [4.69, 9.17) is 5.73 Å². The van der Waals surface area contributed by atoms with Crippen molar-refractivity contribution in [2.75, 3.05) is 6.54 Å². The van der Waals surface area contributed by atoms with Crippen molar-refractivity contribution in [3.63, 3.8) is 0 Å². The van der Waals surface area contributed by atoms with E-state index in [2.05, 4.69) is 4.99 Å². The van der Waals surface area contributed by atoms with Crippen LogP contribution in [0.25, 0.3) is 0 Å². The van der Waals surface area contributed by atoms with Gasteiger partial charge in [-0.25, -0.2) is 0 Å². The lowest BCUT2D eigenvalue weighted by molar-refractivity contribution is 0.113. The van der Waals surface area contributed by atoms with Crippen LogP contribution in [0.3, 0.4) is 0 Å². The number of rotatable bonds is 2. The number of nitrogens with zero attached hydrogens (tertiary/aromatic N) is 1. The summed E-state index contributed by atoms with van der Waals surface area (Å²) in [5.74, 6) is 0. The number of benzene rings is 1. The van der Waals surface area contributed by atoms with Gasteiger partial charge in [-0.15, -0.1) is 12.4 Å². The van der Waals surface area contributed by atoms with Crippen molar-refractivity contribution in [2.24, 2.45) is 10.7 Å². The van der Waals surface area contributed by atoms with E-state index in [1.54, 1.807) is 6.21 Å². The lowest BCUT2D eigenvalue weighted by atomic mass is 9.93. The van der Waals surface area contributed by atoms with Gasteiger partial charge in [0.05, 0.1) is 5.69 Å². The molecule has 0 bridgehead atoms. The number of halogens is 1. The van der Waals surface area contributed by atoms with Crippen molar-refractivity contribution in [3.8, 4) is 0 Å². The molecule has 3 nitrogen and oxygen atoms in total. The van der Waals surface area contributed by atoms with Gasteiger partial charge in [0.1, 0.15) is 5.60 Å². The molecule has 0 spiro atoms. The van der Waals surface area contributed by atoms with Gasteiger partial charge < -0.3 is 10.8 Å². The van der Waals surface area contributed by atoms with Crippen molar-refractivity contribution < 1.29 is 5.11 Å². The Kier molecular flexibility index (Phi) is 3.26. The lowest BCUT2D eigenvalue weighted by Crippen LogP contribution is -2.28. The third-order valence-electron chi connectivity index (χ3n) is 2.31. The van der Waals surface area contributed by atoms with Gasteiger partial charge in [0.15, 0.2) is 0 Å². The zero-order valence-electron chi connectivity index (χ0n) is 7.68. The predicted molar refractivity (Wildman–Crippen MR) is 59.4 cm³/mol. The average Bonchev–Trinajstić information content (AvgIpc) is 2.46. The van der Waals surface area contributed by atoms with E-state index in [0.29, 0.717) is 13.0 Å². The normalized spacial score (nSPS) is 23.0. The Bertz CT molecular complexity index is 354. The third kappa shape index (κ3) is 1.66. The van der Waals surface area contributed by atoms with Crippen LogP contribution in [0.1, 0.15) is 12.0 Å². The van der Waals surface area contributed by atoms with Crippen LogP contribution in [0.4, 0.5) is 5.69 Å². The zero-order chi connectivity index (χ0) is 9.31. The summed E-state index contributed by atoms with van der Waals surface area (Å²) < 4.78 is 0. The third-order valence-corrected chi connectivity index (χ3v) is 2.31. The molecule has 4 heteroatoms. The summed E-state index contributed by atoms with van der Waals surface area (Å²) in [6, 6.07) is 7.58. The van der Waals surface area contributed by atoms with Gasteiger partial charge in [0, 0.05) is 11.8 Å². The molecule has 0 saturated heterocycles. The van der Waals surface area contributed by atoms with E-state index < -0.39 is 5.60 Å². The van der Waals surface area contributed by atoms with Crippen LogP contribution in [-0.4, -0.2) is 17.9 Å². The first kappa shape index (κ1) is 11.2. The summed E-state index contributed by atoms with van der Waals surface area (Å²) in [6.07, 6.45) is 2.10. The Balaban J connectivity index is 0.000000980. The molecule has 3 N–H and O–H groups in total. The Morgan fingerprint density at radius 2 is 2.07 bits per heavy atom. The highest BCUT2D eigenvalue weighted by Crippen LogP contribution is 2.36. The number of aliphatic imine (C=N–C) groups is 1. The molecule has 14 heavy (non-hydrogen) atoms. The van der Waals surface area contributed by atoms with Crippen LogP contribution in [0.15, 0.2) is 29.3 Å². The summed E-state index contributed by atoms with van der Waals surface area (Å²) in [7, 11) is 0. The second kappa shape index (κ2) is 4.09. The quantitative estimate of drug-likeness (QED) is 0.778. The van der Waals surface area contributed by atoms with Gasteiger partial charge in [0.2, 0.25) is 0 Å². The first-order valence-electron chi connectivity index (χ1n) is 4.33. The van der Waals surface area contributed by atoms with E-state index in [-0.39, 0.29) is 12.4 Å². The second-order valence-corrected chi connectivity index (χ2v) is 3.24. The molecule has 2 rings (SSSR count). The zero-order valence-corrected chi connectivity index (χ0v) is 8.50. The first-order chi connectivity index (χ1) is 6.26. The SMILES string of the molecule is Cl.NCCC1(O)C=Nc2ccccc21. The lowest BCUT2D eigenvalue weighted by Gasteiger charge is -2.19. The molecule has 76 valence electrons. The molecule has 0 radical (unpaired) electrons. The van der Waals surface area contributed by atoms with Crippen LogP contribution in [0.2, 0.25) is 0 Å². The fraction of sp³-hybridized carbons (Fsp3) is 0.300. The first-order valence-corrected chi connectivity index (χ1v) is 4.33. The van der Waals surface area contributed by atoms with Crippen molar-refractivity contribution in [3.05, 3.63) is 29.8 Å². The molecule has 1 aliphatic heterocycles. The molecule has 1 unspecified atom stereocenters. The van der Waals surface area contributed by atoms with Crippen LogP contribution >= 0.6 is 12.4 Å². The van der Waals surface area contributed by atoms with Gasteiger partial charge in [-0.05, 0) is 19.0 Å². The minimum atomic E-state index is -0.939. The number of nitrogens with two attached hydrogens (primary N) is 1. The van der Waals surface area contributed by atoms with Crippen molar-refractivity contribution in [1.29, 1.82) is 0 Å². The average molecular weight is 213 g/mol. The molecule has 1 aromatic carbocycles. The van der Waals surface area contributed by atoms with Crippen molar-refractivity contribution in [1.82, 2.24) is 0 Å². The monoisotopic (exact) mass is 212 g/mol. The number of para-hydroxylation sites is 1. The van der Waals surface area contributed by atoms with Crippen molar-refractivity contribution in [2.45, 2.75) is 12.0 Å². The summed E-state index contributed by atoms with van der Waals surface area (Å²) in [4.78, 5) is 4.14. The van der Waals surface area contributed by atoms with Gasteiger partial charge in [-0.3, -0.25) is 4.99 Å². The molecular formula is C10H13ClN2O. The van der Waals surface area contributed by atoms with Crippen molar-refractivity contribution >= 4 is 24.3 Å². The summed E-state index contributed by atoms with van der Waals surface area (Å²) in [5, 5.41) is 10.1. The van der Waals surface area contributed by atoms with Gasteiger partial charge >= 0.3 is 0 Å². The highest BCUT2D eigenvalue weighted by atomic mass is 35.5. The molecule has 0 aromatic heterocycles. The van der Waals surface area contributed by atoms with E-state index >= 15 is 0 Å². The summed E-state index contributed by atoms with van der Waals surface area (Å²) >= 11 is 0. The highest BCUT2D eigenvalue weighted by molar-refractivity contribution is 5.85. The molecule has 1 aromatic rings. The van der Waals surface area contributed by atoms with Gasteiger partial charge in [-0.2, -0.15) is 0 Å². The Morgan fingerprint density at radius 3 is 2.79 bits per heavy atom. The van der Waals surface area contributed by atoms with Gasteiger partial charge in [0.25, 0.3) is 0 Å². The maximum Gasteiger partial charge on any atom is 0.128 e. The van der Waals surface area contributed by atoms with E-state index in [0.717, 1.165) is 11.3 Å². The Morgan fingerprint density at radius 1 is 1.36 bits per heavy atom. The van der Waals surface area contributed by atoms with E-state index in [1.807, 2.05) is 24.3 Å². The molecule has 1 atom stereocenters. The molecule has 0 fully saturated rings. The Labute approximate surface area is 89.1 Å². The topological polar surface area (TPSA) is 58.6 Å². The van der Waals surface area contributed by atoms with Crippen LogP contribution < -0.4 is 5.73 Å². The largest absolute Gasteiger partial charge is 0.379 e. The fourth-order valence-electron chi connectivity index (χ4n) is 1.62. The minimum absolute atomic E-state index is 0. The maximum absolute atomic E-state index is 10.1. The molecule has 0 amide bonds. The Hall–Kier alpha value is -0.900. The smallest absolute Gasteiger partial charge is 0.128 e. The molecule has 1 aliphatic rings. The molecular weight excluding hydrogens is 200 g/mol. The fourth-order valence-corrected chi connectivity index (χ4v) is 1.62. The molecule has 0 saturated carbocycles. The maximum atomic E-state index is 10.1. The second-order valence-electron chi connectivity index (χ2n) is 3.24. The summed E-state index contributed by atoms with van der Waals surface area (Å²) in [6.45, 7) is 0.455. The standard InChI is InChI=1S/C10H12N2O.ClH/c11-6-5-10(13)7-12-9-4-2-1-3-8(9)10;/h1-4,7,13H,5-6,11H2;1H. The number of hydrogen-bond donors (Lipinski definition) is 2. The predicted octanol–water partition coefficient (Wildman–Crippen LogP) is 1.36. The summed E-state index contributed by atoms with van der Waals surface area (Å²) in [5.41, 5.74) is 6.20. The molecule has 1 heterocycles.